The number of benzene rings is 4. The number of anilines is 2. The Hall–Kier alpha value is -8.06. The first-order chi connectivity index (χ1) is 37.4. The summed E-state index contributed by atoms with van der Waals surface area (Å²) >= 11 is 12.0. The van der Waals surface area contributed by atoms with E-state index in [1.165, 1.54) is 24.4 Å². The highest BCUT2D eigenvalue weighted by molar-refractivity contribution is 6.36. The fourth-order valence-electron chi connectivity index (χ4n) is 9.27. The first-order valence-electron chi connectivity index (χ1n) is 24.9. The van der Waals surface area contributed by atoms with Crippen molar-refractivity contribution < 1.29 is 33.0 Å². The molecule has 0 unspecified atom stereocenters. The number of amides is 1. The quantitative estimate of drug-likeness (QED) is 0.0822. The van der Waals surface area contributed by atoms with Crippen molar-refractivity contribution in [3.05, 3.63) is 201 Å². The second-order valence-electron chi connectivity index (χ2n) is 18.5. The number of carbonyl (C=O) groups is 2. The molecule has 6 aromatic heterocycles. The van der Waals surface area contributed by atoms with Crippen molar-refractivity contribution in [2.75, 3.05) is 62.4 Å². The Labute approximate surface area is 451 Å². The fraction of sp³-hybridized carbons (Fsp3) is 0.207. The van der Waals surface area contributed by atoms with Gasteiger partial charge in [0.25, 0.3) is 5.91 Å². The van der Waals surface area contributed by atoms with E-state index in [1.807, 2.05) is 36.7 Å². The molecule has 4 aromatic carbocycles. The number of hydrogen-bond acceptors (Lipinski definition) is 11. The minimum absolute atomic E-state index is 0.0446. The van der Waals surface area contributed by atoms with Crippen LogP contribution in [0.3, 0.4) is 0 Å². The summed E-state index contributed by atoms with van der Waals surface area (Å²) in [5.74, 6) is -1.94. The van der Waals surface area contributed by atoms with Crippen LogP contribution in [0.2, 0.25) is 10.0 Å². The molecular weight excluding hydrogens is 1030 g/mol. The second kappa shape index (κ2) is 23.9. The lowest BCUT2D eigenvalue weighted by atomic mass is 10.0. The normalized spacial score (nSPS) is 13.6. The van der Waals surface area contributed by atoms with Gasteiger partial charge >= 0.3 is 5.97 Å². The summed E-state index contributed by atoms with van der Waals surface area (Å²) in [6.45, 7) is 6.61. The van der Waals surface area contributed by atoms with Gasteiger partial charge in [0.05, 0.1) is 76.8 Å². The molecule has 77 heavy (non-hydrogen) atoms. The number of pyridine rings is 4. The number of fused-ring (bicyclic) bond motifs is 4. The Bertz CT molecular complexity index is 3770. The van der Waals surface area contributed by atoms with E-state index in [0.29, 0.717) is 56.0 Å². The first-order valence-corrected chi connectivity index (χ1v) is 25.6. The molecule has 2 aliphatic rings. The van der Waals surface area contributed by atoms with Gasteiger partial charge in [-0.1, -0.05) is 35.3 Å². The number of carbonyl (C=O) groups excluding carboxylic acids is 1. The van der Waals surface area contributed by atoms with Gasteiger partial charge in [0.15, 0.2) is 0 Å². The number of aromatic carboxylic acids is 1. The predicted octanol–water partition coefficient (Wildman–Crippen LogP) is 10.4. The van der Waals surface area contributed by atoms with Crippen LogP contribution in [0.4, 0.5) is 20.2 Å². The molecule has 2 aliphatic heterocycles. The maximum Gasteiger partial charge on any atom is 0.335 e. The number of nitrogens with one attached hydrogen (secondary N) is 3. The van der Waals surface area contributed by atoms with Crippen LogP contribution in [-0.2, 0) is 35.4 Å². The zero-order chi connectivity index (χ0) is 53.4. The van der Waals surface area contributed by atoms with E-state index < -0.39 is 11.8 Å². The van der Waals surface area contributed by atoms with Crippen molar-refractivity contribution in [3.8, 4) is 0 Å². The second-order valence-corrected chi connectivity index (χ2v) is 19.3. The van der Waals surface area contributed by atoms with Crippen molar-refractivity contribution >= 4 is 90.1 Å². The van der Waals surface area contributed by atoms with E-state index in [2.05, 4.69) is 69.3 Å². The van der Waals surface area contributed by atoms with Crippen molar-refractivity contribution in [2.45, 2.75) is 25.9 Å². The molecule has 0 aliphatic carbocycles. The Kier molecular flexibility index (Phi) is 16.2. The fourth-order valence-corrected chi connectivity index (χ4v) is 9.69. The number of ether oxygens (including phenoxy) is 2. The number of nitrogens with two attached hydrogens (primary N) is 1. The highest BCUT2D eigenvalue weighted by Gasteiger charge is 2.16. The number of carboxylic acid groups (broad SMARTS) is 1. The van der Waals surface area contributed by atoms with Gasteiger partial charge < -0.3 is 45.4 Å². The number of morpholine rings is 2. The zero-order valence-electron chi connectivity index (χ0n) is 41.5. The van der Waals surface area contributed by atoms with Crippen LogP contribution in [-0.4, -0.2) is 99.5 Å². The molecule has 0 saturated carbocycles. The van der Waals surface area contributed by atoms with Gasteiger partial charge in [-0.2, -0.15) is 0 Å². The van der Waals surface area contributed by atoms with Crippen LogP contribution in [0.25, 0.3) is 43.6 Å². The third kappa shape index (κ3) is 12.6. The summed E-state index contributed by atoms with van der Waals surface area (Å²) in [5.41, 5.74) is 16.0. The van der Waals surface area contributed by atoms with E-state index in [1.54, 1.807) is 48.9 Å². The molecule has 0 bridgehead atoms. The summed E-state index contributed by atoms with van der Waals surface area (Å²) < 4.78 is 38.5. The van der Waals surface area contributed by atoms with E-state index in [0.717, 1.165) is 114 Å². The summed E-state index contributed by atoms with van der Waals surface area (Å²) in [7, 11) is 0. The molecule has 0 spiro atoms. The number of nitrogens with zero attached hydrogens (tertiary/aromatic N) is 6. The molecule has 10 aromatic rings. The third-order valence-electron chi connectivity index (χ3n) is 13.4. The van der Waals surface area contributed by atoms with Gasteiger partial charge in [-0.3, -0.25) is 24.7 Å². The number of aromatic amines is 2. The van der Waals surface area contributed by atoms with Crippen molar-refractivity contribution in [2.24, 2.45) is 5.73 Å². The zero-order valence-corrected chi connectivity index (χ0v) is 43.1. The van der Waals surface area contributed by atoms with Gasteiger partial charge in [0.1, 0.15) is 11.6 Å². The van der Waals surface area contributed by atoms with E-state index >= 15 is 0 Å². The topological polar surface area (TPSA) is 200 Å². The van der Waals surface area contributed by atoms with E-state index in [9.17, 15) is 18.4 Å². The van der Waals surface area contributed by atoms with Gasteiger partial charge in [-0.05, 0) is 96.1 Å². The molecule has 2 fully saturated rings. The van der Waals surface area contributed by atoms with Crippen LogP contribution in [0.15, 0.2) is 134 Å². The van der Waals surface area contributed by atoms with Crippen molar-refractivity contribution in [1.29, 1.82) is 0 Å². The Balaban J connectivity index is 0.000000148. The van der Waals surface area contributed by atoms with Gasteiger partial charge in [-0.15, -0.1) is 0 Å². The van der Waals surface area contributed by atoms with Crippen LogP contribution in [0, 0.1) is 11.6 Å². The highest BCUT2D eigenvalue weighted by atomic mass is 35.5. The molecule has 12 rings (SSSR count). The van der Waals surface area contributed by atoms with Crippen LogP contribution in [0.5, 0.6) is 0 Å². The van der Waals surface area contributed by atoms with Crippen LogP contribution < -0.4 is 20.9 Å². The number of hydrogen-bond donors (Lipinski definition) is 5. The Morgan fingerprint density at radius 1 is 0.623 bits per heavy atom. The molecule has 0 atom stereocenters. The van der Waals surface area contributed by atoms with Gasteiger partial charge in [0, 0.05) is 138 Å². The number of aromatic nitrogens is 6. The molecule has 392 valence electrons. The molecule has 15 nitrogen and oxygen atoms in total. The summed E-state index contributed by atoms with van der Waals surface area (Å²) in [5, 5.41) is 16.7. The monoisotopic (exact) mass is 1080 g/mol. The molecule has 19 heteroatoms. The molecule has 1 amide bonds. The van der Waals surface area contributed by atoms with Crippen LogP contribution in [0.1, 0.15) is 54.4 Å². The third-order valence-corrected chi connectivity index (χ3v) is 14.0. The average Bonchev–Trinajstić information content (AvgIpc) is 4.02. The predicted molar refractivity (Wildman–Crippen MR) is 296 cm³/mol. The first kappa shape index (κ1) is 52.4. The maximum absolute atomic E-state index is 14.5. The molecule has 8 heterocycles. The largest absolute Gasteiger partial charge is 0.478 e. The van der Waals surface area contributed by atoms with Crippen molar-refractivity contribution in [1.82, 2.24) is 35.2 Å². The molecular formula is C58H52Cl2F2N10O5. The lowest BCUT2D eigenvalue weighted by Gasteiger charge is -2.28. The van der Waals surface area contributed by atoms with E-state index in [-0.39, 0.29) is 30.4 Å². The Morgan fingerprint density at radius 3 is 1.61 bits per heavy atom. The minimum Gasteiger partial charge on any atom is -0.478 e. The van der Waals surface area contributed by atoms with Gasteiger partial charge in [0.2, 0.25) is 0 Å². The lowest BCUT2D eigenvalue weighted by Crippen LogP contribution is -2.36. The lowest BCUT2D eigenvalue weighted by molar-refractivity contribution is 0.0696. The molecule has 6 N–H and O–H groups in total. The number of rotatable bonds is 11. The minimum atomic E-state index is -0.938. The van der Waals surface area contributed by atoms with Crippen LogP contribution >= 0.6 is 23.2 Å². The summed E-state index contributed by atoms with van der Waals surface area (Å²) in [4.78, 5) is 52.3. The number of carboxylic acids is 1. The molecule has 2 saturated heterocycles. The molecule has 0 radical (unpaired) electrons. The van der Waals surface area contributed by atoms with E-state index in [4.69, 9.17) is 43.5 Å². The van der Waals surface area contributed by atoms with Crippen molar-refractivity contribution in [3.63, 3.8) is 0 Å². The highest BCUT2D eigenvalue weighted by Crippen LogP contribution is 2.29. The van der Waals surface area contributed by atoms with Gasteiger partial charge in [-0.25, -0.2) is 13.6 Å². The standard InChI is InChI=1S/C29H25ClFN5O2.C20H19N3O3.C9H8ClFN2/c30-25-17-34-28-14-26(31)21(13-24(25)28)15-35-29(37)19-3-4-32-22(11-19)10-18-1-2-27-20(9-18)12-23(16-33-27)36-5-7-38-8-6-36;24-20(25)15-3-4-21-17(11-15)10-14-1-2-19-16(9-14)12-18(13-22-19)23-5-7-26-8-6-23;10-7-4-13-9-2-8(11)5(3-12)1-6(7)9/h1-4,9,11-14,16-17,34H,5-8,10,15H2,(H,35,37);1-4,9,11-13H,5-8,10H2,(H,24,25);1-2,4,13H,3,12H2. The number of H-pyrrole nitrogens is 2. The number of halogens is 4. The Morgan fingerprint density at radius 2 is 1.10 bits per heavy atom. The SMILES string of the molecule is NCc1cc2c(Cl)c[nH]c2cc1F.O=C(NCc1cc2c(Cl)c[nH]c2cc1F)c1ccnc(Cc2ccc3ncc(N4CCOCC4)cc3c2)c1.O=C(O)c1ccnc(Cc2ccc3ncc(N4CCOCC4)cc3c2)c1. The smallest absolute Gasteiger partial charge is 0.335 e. The summed E-state index contributed by atoms with van der Waals surface area (Å²) in [6, 6.07) is 29.2. The average molecular weight is 1080 g/mol. The summed E-state index contributed by atoms with van der Waals surface area (Å²) in [6.07, 6.45) is 11.4. The maximum atomic E-state index is 14.5.